The molecule has 0 amide bonds. The second-order valence-electron chi connectivity index (χ2n) is 4.77. The van der Waals surface area contributed by atoms with Gasteiger partial charge in [-0.15, -0.1) is 0 Å². The Morgan fingerprint density at radius 1 is 1.35 bits per heavy atom. The Balaban J connectivity index is 4.28. The number of thiocarbonyl (C=S) groups is 1. The van der Waals surface area contributed by atoms with E-state index in [1.54, 1.807) is 0 Å². The van der Waals surface area contributed by atoms with Crippen LogP contribution in [0.25, 0.3) is 0 Å². The van der Waals surface area contributed by atoms with Crippen molar-refractivity contribution in [2.75, 3.05) is 6.61 Å². The Kier molecular flexibility index (Phi) is 7.17. The first kappa shape index (κ1) is 16.8. The van der Waals surface area contributed by atoms with Crippen molar-refractivity contribution >= 4 is 28.4 Å². The molecule has 0 aliphatic rings. The minimum absolute atomic E-state index is 0.104. The second-order valence-corrected chi connectivity index (χ2v) is 6.71. The highest BCUT2D eigenvalue weighted by molar-refractivity contribution is 8.23. The number of hydrogen-bond acceptors (Lipinski definition) is 4. The van der Waals surface area contributed by atoms with Gasteiger partial charge in [-0.3, -0.25) is 0 Å². The molecule has 0 aliphatic heterocycles. The zero-order valence-electron chi connectivity index (χ0n) is 11.7. The molecule has 0 aromatic carbocycles. The average molecular weight is 276 g/mol. The van der Waals surface area contributed by atoms with E-state index >= 15 is 0 Å². The lowest BCUT2D eigenvalue weighted by atomic mass is 9.94. The van der Waals surface area contributed by atoms with Gasteiger partial charge in [0.25, 0.3) is 0 Å². The first-order valence-corrected chi connectivity index (χ1v) is 7.20. The molecular formula is C13H24O2S2. The molecule has 0 rings (SSSR count). The maximum Gasteiger partial charge on any atom is 0.220 e. The van der Waals surface area contributed by atoms with E-state index in [4.69, 9.17) is 21.7 Å². The summed E-state index contributed by atoms with van der Waals surface area (Å²) in [6.45, 7) is 16.9. The third kappa shape index (κ3) is 6.32. The molecule has 0 aromatic heterocycles. The van der Waals surface area contributed by atoms with E-state index in [-0.39, 0.29) is 10.9 Å². The normalized spacial score (nSPS) is 13.4. The molecule has 0 saturated carbocycles. The first-order valence-electron chi connectivity index (χ1n) is 5.92. The molecule has 0 aromatic rings. The summed E-state index contributed by atoms with van der Waals surface area (Å²) in [6, 6.07) is 0. The summed E-state index contributed by atoms with van der Waals surface area (Å²) >= 11 is 6.55. The lowest BCUT2D eigenvalue weighted by Gasteiger charge is -2.33. The Morgan fingerprint density at radius 2 is 1.88 bits per heavy atom. The Morgan fingerprint density at radius 3 is 2.29 bits per heavy atom. The lowest BCUT2D eigenvalue weighted by molar-refractivity contribution is -0.00596. The summed E-state index contributed by atoms with van der Waals surface area (Å²) in [5.74, 6) is 1.17. The summed E-state index contributed by atoms with van der Waals surface area (Å²) in [5, 5.41) is 0.104. The lowest BCUT2D eigenvalue weighted by Crippen LogP contribution is -2.32. The minimum atomic E-state index is -0.209. The van der Waals surface area contributed by atoms with Gasteiger partial charge in [0.05, 0.1) is 11.9 Å². The highest BCUT2D eigenvalue weighted by Gasteiger charge is 2.26. The molecule has 1 atom stereocenters. The number of ether oxygens (including phenoxy) is 2. The summed E-state index contributed by atoms with van der Waals surface area (Å²) in [4.78, 5) is 0. The van der Waals surface area contributed by atoms with Crippen LogP contribution in [0.15, 0.2) is 12.3 Å². The standard InChI is InChI=1S/C13H24O2S2/c1-8-14-12(16)17-11(5)10(4)15-13(6,7)9(2)3/h9,11H,4,8H2,1-3,5-7H3. The Bertz CT molecular complexity index is 273. The molecule has 100 valence electrons. The van der Waals surface area contributed by atoms with Crippen LogP contribution in [0.2, 0.25) is 0 Å². The fourth-order valence-corrected chi connectivity index (χ4v) is 2.11. The minimum Gasteiger partial charge on any atom is -0.491 e. The van der Waals surface area contributed by atoms with E-state index in [1.807, 2.05) is 13.8 Å². The predicted octanol–water partition coefficient (Wildman–Crippen LogP) is 4.39. The molecular weight excluding hydrogens is 252 g/mol. The highest BCUT2D eigenvalue weighted by atomic mass is 32.2. The van der Waals surface area contributed by atoms with E-state index in [2.05, 4.69) is 34.3 Å². The first-order chi connectivity index (χ1) is 7.70. The Labute approximate surface area is 115 Å². The molecule has 0 heterocycles. The Hall–Kier alpha value is -0.220. The van der Waals surface area contributed by atoms with Crippen molar-refractivity contribution in [2.24, 2.45) is 5.92 Å². The van der Waals surface area contributed by atoms with Crippen LogP contribution in [-0.2, 0) is 9.47 Å². The van der Waals surface area contributed by atoms with Crippen molar-refractivity contribution in [3.63, 3.8) is 0 Å². The maximum atomic E-state index is 5.91. The summed E-state index contributed by atoms with van der Waals surface area (Å²) in [7, 11) is 0. The van der Waals surface area contributed by atoms with Crippen LogP contribution in [-0.4, -0.2) is 21.8 Å². The molecule has 0 spiro atoms. The number of rotatable bonds is 6. The van der Waals surface area contributed by atoms with Gasteiger partial charge in [0.1, 0.15) is 11.4 Å². The molecule has 0 saturated heterocycles. The van der Waals surface area contributed by atoms with Crippen LogP contribution < -0.4 is 0 Å². The smallest absolute Gasteiger partial charge is 0.220 e. The van der Waals surface area contributed by atoms with Crippen molar-refractivity contribution in [1.82, 2.24) is 0 Å². The van der Waals surface area contributed by atoms with Gasteiger partial charge in [0.2, 0.25) is 4.38 Å². The molecule has 17 heavy (non-hydrogen) atoms. The summed E-state index contributed by atoms with van der Waals surface area (Å²) in [6.07, 6.45) is 0. The predicted molar refractivity (Wildman–Crippen MR) is 80.4 cm³/mol. The van der Waals surface area contributed by atoms with Crippen LogP contribution in [0.5, 0.6) is 0 Å². The maximum absolute atomic E-state index is 5.91. The van der Waals surface area contributed by atoms with E-state index in [0.29, 0.717) is 16.9 Å². The van der Waals surface area contributed by atoms with Crippen molar-refractivity contribution < 1.29 is 9.47 Å². The van der Waals surface area contributed by atoms with Crippen molar-refractivity contribution in [1.29, 1.82) is 0 Å². The van der Waals surface area contributed by atoms with Crippen LogP contribution >= 0.6 is 24.0 Å². The van der Waals surface area contributed by atoms with Crippen LogP contribution in [0.4, 0.5) is 0 Å². The molecule has 0 bridgehead atoms. The number of thioether (sulfide) groups is 1. The molecule has 0 N–H and O–H groups in total. The van der Waals surface area contributed by atoms with Gasteiger partial charge in [-0.2, -0.15) is 0 Å². The average Bonchev–Trinajstić information content (AvgIpc) is 2.16. The van der Waals surface area contributed by atoms with Crippen molar-refractivity contribution in [3.8, 4) is 0 Å². The number of hydrogen-bond donors (Lipinski definition) is 0. The molecule has 1 unspecified atom stereocenters. The van der Waals surface area contributed by atoms with E-state index in [0.717, 1.165) is 5.76 Å². The third-order valence-corrected chi connectivity index (χ3v) is 4.11. The largest absolute Gasteiger partial charge is 0.491 e. The summed E-state index contributed by atoms with van der Waals surface area (Å²) in [5.41, 5.74) is -0.209. The fourth-order valence-electron chi connectivity index (χ4n) is 0.901. The molecule has 2 nitrogen and oxygen atoms in total. The van der Waals surface area contributed by atoms with Gasteiger partial charge in [0.15, 0.2) is 0 Å². The van der Waals surface area contributed by atoms with Crippen LogP contribution in [0.1, 0.15) is 41.5 Å². The van der Waals surface area contributed by atoms with Crippen molar-refractivity contribution in [3.05, 3.63) is 12.3 Å². The molecule has 4 heteroatoms. The fraction of sp³-hybridized carbons (Fsp3) is 0.769. The summed E-state index contributed by atoms with van der Waals surface area (Å²) < 4.78 is 11.7. The monoisotopic (exact) mass is 276 g/mol. The van der Waals surface area contributed by atoms with Crippen molar-refractivity contribution in [2.45, 2.75) is 52.4 Å². The SMILES string of the molecule is C=C(OC(C)(C)C(C)C)C(C)SC(=S)OCC. The van der Waals surface area contributed by atoms with Gasteiger partial charge in [0, 0.05) is 0 Å². The molecule has 0 fully saturated rings. The van der Waals surface area contributed by atoms with E-state index < -0.39 is 0 Å². The van der Waals surface area contributed by atoms with Gasteiger partial charge >= 0.3 is 0 Å². The van der Waals surface area contributed by atoms with Crippen LogP contribution in [0.3, 0.4) is 0 Å². The van der Waals surface area contributed by atoms with Gasteiger partial charge in [-0.25, -0.2) is 0 Å². The quantitative estimate of drug-likeness (QED) is 0.528. The zero-order valence-corrected chi connectivity index (χ0v) is 13.3. The second kappa shape index (κ2) is 7.27. The topological polar surface area (TPSA) is 18.5 Å². The molecule has 0 radical (unpaired) electrons. The van der Waals surface area contributed by atoms with Gasteiger partial charge < -0.3 is 9.47 Å². The van der Waals surface area contributed by atoms with Crippen LogP contribution in [0, 0.1) is 5.92 Å². The van der Waals surface area contributed by atoms with Gasteiger partial charge in [-0.05, 0) is 45.8 Å². The third-order valence-electron chi connectivity index (χ3n) is 2.77. The zero-order chi connectivity index (χ0) is 13.6. The highest BCUT2D eigenvalue weighted by Crippen LogP contribution is 2.28. The van der Waals surface area contributed by atoms with Gasteiger partial charge in [-0.1, -0.05) is 32.2 Å². The van der Waals surface area contributed by atoms with E-state index in [1.165, 1.54) is 11.8 Å². The molecule has 0 aliphatic carbocycles. The van der Waals surface area contributed by atoms with E-state index in [9.17, 15) is 0 Å².